The number of nitrogens with one attached hydrogen (secondary N) is 1. The Kier molecular flexibility index (Phi) is 50.2. The zero-order valence-corrected chi connectivity index (χ0v) is 35.0. The van der Waals surface area contributed by atoms with Gasteiger partial charge in [-0.25, -0.2) is 0 Å². The van der Waals surface area contributed by atoms with Crippen LogP contribution in [0.5, 0.6) is 0 Å². The highest BCUT2D eigenvalue weighted by molar-refractivity contribution is 8.76. The number of rotatable bonds is 40. The first-order valence-corrected chi connectivity index (χ1v) is 24.1. The largest absolute Gasteiger partial charge is 0.392 e. The van der Waals surface area contributed by atoms with E-state index in [4.69, 9.17) is 0 Å². The van der Waals surface area contributed by atoms with Gasteiger partial charge in [0.1, 0.15) is 0 Å². The second kappa shape index (κ2) is 47.5. The van der Waals surface area contributed by atoms with Gasteiger partial charge in [0.15, 0.2) is 0 Å². The van der Waals surface area contributed by atoms with Crippen LogP contribution >= 0.6 is 21.6 Å². The molecular weight excluding hydrogens is 629 g/mol. The summed E-state index contributed by atoms with van der Waals surface area (Å²) in [5, 5.41) is 23.3. The molecule has 4 nitrogen and oxygen atoms in total. The second-order valence-corrected chi connectivity index (χ2v) is 17.1. The van der Waals surface area contributed by atoms with Gasteiger partial charge in [-0.15, -0.1) is 0 Å². The van der Waals surface area contributed by atoms with Crippen molar-refractivity contribution >= 4 is 21.6 Å². The van der Waals surface area contributed by atoms with Gasteiger partial charge in [-0.3, -0.25) is 4.90 Å². The van der Waals surface area contributed by atoms with Crippen molar-refractivity contribution in [1.82, 2.24) is 10.2 Å². The van der Waals surface area contributed by atoms with Gasteiger partial charge >= 0.3 is 0 Å². The lowest BCUT2D eigenvalue weighted by atomic mass is 10.0. The summed E-state index contributed by atoms with van der Waals surface area (Å²) in [6.07, 6.45) is 41.1. The Morgan fingerprint density at radius 1 is 0.458 bits per heavy atom. The lowest BCUT2D eigenvalue weighted by Crippen LogP contribution is -2.34. The fourth-order valence-electron chi connectivity index (χ4n) is 6.10. The molecule has 0 saturated heterocycles. The molecular formula is C42H90N2O2S2. The smallest absolute Gasteiger partial charge is 0.0957 e. The number of unbranched alkanes of at least 4 members (excludes halogenated alkanes) is 26. The molecule has 0 aliphatic heterocycles. The lowest BCUT2D eigenvalue weighted by Gasteiger charge is -2.22. The van der Waals surface area contributed by atoms with E-state index < -0.39 is 0 Å². The molecule has 0 spiro atoms. The average molecular weight is 719 g/mol. The lowest BCUT2D eigenvalue weighted by molar-refractivity contribution is 0.0519. The van der Waals surface area contributed by atoms with E-state index in [2.05, 4.69) is 33.0 Å². The van der Waals surface area contributed by atoms with Crippen LogP contribution in [0.1, 0.15) is 220 Å². The van der Waals surface area contributed by atoms with Gasteiger partial charge in [-0.2, -0.15) is 0 Å². The summed E-state index contributed by atoms with van der Waals surface area (Å²) in [6, 6.07) is 0. The molecule has 0 amide bonds. The minimum atomic E-state index is -0.310. The third kappa shape index (κ3) is 46.5. The maximum atomic E-state index is 10.3. The van der Waals surface area contributed by atoms with E-state index in [0.29, 0.717) is 6.54 Å². The monoisotopic (exact) mass is 719 g/mol. The highest BCUT2D eigenvalue weighted by Gasteiger charge is 2.11. The Bertz CT molecular complexity index is 530. The molecule has 3 N–H and O–H groups in total. The fourth-order valence-corrected chi connectivity index (χ4v) is 8.08. The van der Waals surface area contributed by atoms with Crippen molar-refractivity contribution in [2.24, 2.45) is 0 Å². The minimum Gasteiger partial charge on any atom is -0.392 e. The number of hydrogen-bond donors (Lipinski definition) is 3. The minimum absolute atomic E-state index is 0.0411. The summed E-state index contributed by atoms with van der Waals surface area (Å²) in [5.41, 5.74) is 0. The van der Waals surface area contributed by atoms with Crippen molar-refractivity contribution in [3.63, 3.8) is 0 Å². The van der Waals surface area contributed by atoms with E-state index in [1.54, 1.807) is 0 Å². The number of nitrogens with zero attached hydrogens (tertiary/aromatic N) is 1. The van der Waals surface area contributed by atoms with Gasteiger partial charge in [0, 0.05) is 31.1 Å². The zero-order valence-electron chi connectivity index (χ0n) is 33.4. The first-order chi connectivity index (χ1) is 23.7. The molecule has 0 heterocycles. The standard InChI is InChI=1S/C26H56N2O2S2.C16H34/c1-3-5-7-8-9-10-11-12-13-14-15-16-17-18-26(30)24-28(25-29)21-23-32-31-22-20-27-19-6-4-2;1-3-5-7-9-11-13-15-16-14-12-10-8-6-4-2/h26-27,29-30H,3-25H2,1-2H3;3-16H2,1-2H3. The summed E-state index contributed by atoms with van der Waals surface area (Å²) >= 11 is 0. The Morgan fingerprint density at radius 3 is 1.19 bits per heavy atom. The van der Waals surface area contributed by atoms with Crippen LogP contribution in [0.15, 0.2) is 0 Å². The SMILES string of the molecule is CCCCCCCCCCCCCCCC.CCCCCCCCCCCCCCCC(O)CN(CO)CCSSCCNCCCC. The number of aliphatic hydroxyl groups is 2. The average Bonchev–Trinajstić information content (AvgIpc) is 3.09. The maximum absolute atomic E-state index is 10.3. The number of hydrogen-bond acceptors (Lipinski definition) is 6. The predicted octanol–water partition coefficient (Wildman–Crippen LogP) is 13.3. The molecule has 48 heavy (non-hydrogen) atoms. The van der Waals surface area contributed by atoms with Gasteiger partial charge < -0.3 is 15.5 Å². The van der Waals surface area contributed by atoms with Crippen LogP contribution in [0, 0.1) is 0 Å². The maximum Gasteiger partial charge on any atom is 0.0957 e. The van der Waals surface area contributed by atoms with Crippen LogP contribution in [0.3, 0.4) is 0 Å². The van der Waals surface area contributed by atoms with Gasteiger partial charge in [0.25, 0.3) is 0 Å². The second-order valence-electron chi connectivity index (χ2n) is 14.4. The van der Waals surface area contributed by atoms with Gasteiger partial charge in [0.05, 0.1) is 12.8 Å². The topological polar surface area (TPSA) is 55.7 Å². The molecule has 1 atom stereocenters. The summed E-state index contributed by atoms with van der Waals surface area (Å²) in [4.78, 5) is 1.97. The van der Waals surface area contributed by atoms with Gasteiger partial charge in [-0.05, 0) is 19.4 Å². The van der Waals surface area contributed by atoms with Crippen molar-refractivity contribution in [3.05, 3.63) is 0 Å². The zero-order chi connectivity index (χ0) is 35.4. The summed E-state index contributed by atoms with van der Waals surface area (Å²) < 4.78 is 0. The van der Waals surface area contributed by atoms with Crippen LogP contribution in [0.4, 0.5) is 0 Å². The molecule has 292 valence electrons. The normalized spacial score (nSPS) is 12.1. The summed E-state index contributed by atoms with van der Waals surface area (Å²) in [5.74, 6) is 2.11. The fraction of sp³-hybridized carbons (Fsp3) is 1.00. The van der Waals surface area contributed by atoms with Crippen molar-refractivity contribution < 1.29 is 10.2 Å². The summed E-state index contributed by atoms with van der Waals surface area (Å²) in [7, 11) is 3.77. The number of aliphatic hydroxyl groups excluding tert-OH is 2. The molecule has 0 aliphatic carbocycles. The van der Waals surface area contributed by atoms with E-state index in [1.807, 2.05) is 26.5 Å². The quantitative estimate of drug-likeness (QED) is 0.0333. The van der Waals surface area contributed by atoms with Crippen LogP contribution in [-0.2, 0) is 0 Å². The molecule has 0 bridgehead atoms. The van der Waals surface area contributed by atoms with Crippen LogP contribution in [0.25, 0.3) is 0 Å². The van der Waals surface area contributed by atoms with Crippen molar-refractivity contribution in [1.29, 1.82) is 0 Å². The first-order valence-electron chi connectivity index (χ1n) is 21.6. The van der Waals surface area contributed by atoms with Crippen molar-refractivity contribution in [3.8, 4) is 0 Å². The van der Waals surface area contributed by atoms with E-state index in [9.17, 15) is 10.2 Å². The predicted molar refractivity (Wildman–Crippen MR) is 224 cm³/mol. The van der Waals surface area contributed by atoms with Crippen molar-refractivity contribution in [2.75, 3.05) is 44.4 Å². The molecule has 0 aliphatic rings. The van der Waals surface area contributed by atoms with Crippen LogP contribution in [-0.4, -0.2) is 65.6 Å². The Labute approximate surface area is 311 Å². The van der Waals surface area contributed by atoms with E-state index in [-0.39, 0.29) is 12.8 Å². The Morgan fingerprint density at radius 2 is 0.812 bits per heavy atom. The molecule has 1 unspecified atom stereocenters. The van der Waals surface area contributed by atoms with Crippen LogP contribution in [0.2, 0.25) is 0 Å². The highest BCUT2D eigenvalue weighted by Crippen LogP contribution is 2.20. The third-order valence-corrected chi connectivity index (χ3v) is 11.8. The van der Waals surface area contributed by atoms with E-state index >= 15 is 0 Å². The third-order valence-electron chi connectivity index (χ3n) is 9.41. The first kappa shape index (κ1) is 50.6. The summed E-state index contributed by atoms with van der Waals surface area (Å²) in [6.45, 7) is 12.7. The van der Waals surface area contributed by atoms with E-state index in [1.165, 1.54) is 180 Å². The molecule has 0 aromatic heterocycles. The molecule has 0 radical (unpaired) electrons. The molecule has 0 fully saturated rings. The van der Waals surface area contributed by atoms with Gasteiger partial charge in [-0.1, -0.05) is 229 Å². The van der Waals surface area contributed by atoms with Gasteiger partial charge in [0.2, 0.25) is 0 Å². The molecule has 0 aromatic carbocycles. The Balaban J connectivity index is 0. The molecule has 6 heteroatoms. The molecule has 0 aromatic rings. The Hall–Kier alpha value is 0.540. The van der Waals surface area contributed by atoms with Crippen molar-refractivity contribution in [2.45, 2.75) is 226 Å². The molecule has 0 rings (SSSR count). The molecule has 0 saturated carbocycles. The van der Waals surface area contributed by atoms with E-state index in [0.717, 1.165) is 44.0 Å². The highest BCUT2D eigenvalue weighted by atomic mass is 33.1. The van der Waals surface area contributed by atoms with Crippen LogP contribution < -0.4 is 5.32 Å².